The SMILES string of the molecule is C1=CC2=C(c3ccccc3)c3ccc4n3C(OCc3ccccc3)n3c(ccc3=C4c3ccccc3)=C(c3ccccc3)C3=NC(=C(c4ccccc4)C1=N2)C=C3.[Br][Pd][Br]. The maximum absolute atomic E-state index is 7.26. The second-order valence-electron chi connectivity index (χ2n) is 14.5. The first-order chi connectivity index (χ1) is 29.7. The fourth-order valence-corrected chi connectivity index (χ4v) is 8.61. The molecule has 294 valence electrons. The van der Waals surface area contributed by atoms with E-state index in [4.69, 9.17) is 14.7 Å². The van der Waals surface area contributed by atoms with Gasteiger partial charge in [-0.2, -0.15) is 0 Å². The van der Waals surface area contributed by atoms with E-state index in [1.54, 1.807) is 0 Å². The molecule has 0 fully saturated rings. The van der Waals surface area contributed by atoms with Crippen LogP contribution in [0.25, 0.3) is 22.3 Å². The molecule has 1 atom stereocenters. The van der Waals surface area contributed by atoms with Gasteiger partial charge < -0.3 is 4.74 Å². The summed E-state index contributed by atoms with van der Waals surface area (Å²) in [5.74, 6) is 0. The van der Waals surface area contributed by atoms with E-state index in [0.29, 0.717) is 20.6 Å². The second kappa shape index (κ2) is 17.1. The first-order valence-electron chi connectivity index (χ1n) is 19.6. The number of benzene rings is 5. The van der Waals surface area contributed by atoms with Crippen LogP contribution in [0, 0.1) is 0 Å². The number of ether oxygens (including phenoxy) is 1. The zero-order valence-electron chi connectivity index (χ0n) is 32.1. The molecule has 60 heavy (non-hydrogen) atoms. The number of aromatic nitrogens is 2. The Morgan fingerprint density at radius 1 is 0.433 bits per heavy atom. The van der Waals surface area contributed by atoms with Crippen LogP contribution in [-0.4, -0.2) is 20.6 Å². The number of aliphatic imine (C=N–C) groups is 2. The van der Waals surface area contributed by atoms with Gasteiger partial charge in [0.25, 0.3) is 0 Å². The average molecular weight is 999 g/mol. The predicted octanol–water partition coefficient (Wildman–Crippen LogP) is 11.2. The van der Waals surface area contributed by atoms with Crippen molar-refractivity contribution in [2.24, 2.45) is 9.98 Å². The molecule has 5 aromatic carbocycles. The Kier molecular flexibility index (Phi) is 11.0. The Balaban J connectivity index is 0.00000140. The van der Waals surface area contributed by atoms with E-state index in [1.807, 2.05) is 6.07 Å². The van der Waals surface area contributed by atoms with Crippen LogP contribution < -0.4 is 10.7 Å². The topological polar surface area (TPSA) is 43.8 Å². The zero-order chi connectivity index (χ0) is 40.4. The van der Waals surface area contributed by atoms with Gasteiger partial charge in [-0.1, -0.05) is 152 Å². The Morgan fingerprint density at radius 2 is 0.833 bits per heavy atom. The number of hydrogen-bond acceptors (Lipinski definition) is 3. The van der Waals surface area contributed by atoms with Crippen LogP contribution in [0.3, 0.4) is 0 Å². The molecule has 0 spiro atoms. The Labute approximate surface area is 370 Å². The standard InChI is InChI=1S/C52H36N4O.2BrH.Pd/c1-6-16-35(17-7-1)34-57-52-55-44-30-32-46(55)51(39-24-14-5-15-25-39)47-33-31-45(56(47)52)50(38-22-12-4-13-23-38)43-29-27-41(54-43)48(36-18-8-2-9-19-36)40-26-28-42(53-40)49(44)37-20-10-3-11-21-37;;;/h1-33,52H,34H2;2*1H;/q;;;+2/p-2. The number of halogens is 2. The number of allylic oxidation sites excluding steroid dienone is 5. The van der Waals surface area contributed by atoms with Gasteiger partial charge in [-0.05, 0) is 76.4 Å². The minimum absolute atomic E-state index is 0.411. The van der Waals surface area contributed by atoms with E-state index in [9.17, 15) is 0 Å². The van der Waals surface area contributed by atoms with E-state index in [2.05, 4.69) is 230 Å². The molecule has 0 amide bonds. The molecule has 6 heterocycles. The number of nitrogens with zero attached hydrogens (tertiary/aromatic N) is 4. The first-order valence-corrected chi connectivity index (χ1v) is 26.7. The summed E-state index contributed by atoms with van der Waals surface area (Å²) in [6, 6.07) is 61.9. The molecule has 1 unspecified atom stereocenters. The van der Waals surface area contributed by atoms with Gasteiger partial charge in [0.05, 0.1) is 51.5 Å². The minimum atomic E-state index is -0.562. The molecule has 7 aromatic rings. The fourth-order valence-electron chi connectivity index (χ4n) is 8.61. The summed E-state index contributed by atoms with van der Waals surface area (Å²) in [4.78, 5) is 11.0. The number of rotatable bonds is 7. The van der Waals surface area contributed by atoms with Crippen molar-refractivity contribution in [3.63, 3.8) is 0 Å². The van der Waals surface area contributed by atoms with Gasteiger partial charge in [-0.25, -0.2) is 9.98 Å². The average Bonchev–Trinajstić information content (AvgIpc) is 4.14. The summed E-state index contributed by atoms with van der Waals surface area (Å²) < 4.78 is 12.0. The van der Waals surface area contributed by atoms with Crippen molar-refractivity contribution in [3.8, 4) is 0 Å². The summed E-state index contributed by atoms with van der Waals surface area (Å²) >= 11 is 6.80. The van der Waals surface area contributed by atoms with Crippen LogP contribution >= 0.6 is 26.9 Å². The molecular formula is C52H36Br2N4OPd. The number of fused-ring (bicyclic) bond motifs is 2. The van der Waals surface area contributed by atoms with Crippen LogP contribution in [0.4, 0.5) is 0 Å². The van der Waals surface area contributed by atoms with Gasteiger partial charge >= 0.3 is 40.8 Å². The van der Waals surface area contributed by atoms with Crippen molar-refractivity contribution < 1.29 is 18.7 Å². The summed E-state index contributed by atoms with van der Waals surface area (Å²) in [5.41, 5.74) is 15.2. The molecule has 8 heteroatoms. The molecule has 0 saturated heterocycles. The molecule has 0 aliphatic carbocycles. The van der Waals surface area contributed by atoms with Crippen LogP contribution in [0.2, 0.25) is 0 Å². The summed E-state index contributed by atoms with van der Waals surface area (Å²) in [7, 11) is 0. The van der Waals surface area contributed by atoms with Gasteiger partial charge in [-0.15, -0.1) is 0 Å². The fraction of sp³-hybridized carbons (Fsp3) is 0.0385. The van der Waals surface area contributed by atoms with Crippen molar-refractivity contribution in [1.82, 2.24) is 9.13 Å². The summed E-state index contributed by atoms with van der Waals surface area (Å²) in [6.45, 7) is 0.411. The van der Waals surface area contributed by atoms with Crippen LogP contribution in [-0.2, 0) is 25.3 Å². The van der Waals surface area contributed by atoms with Crippen molar-refractivity contribution in [1.29, 1.82) is 0 Å². The monoisotopic (exact) mass is 996 g/mol. The van der Waals surface area contributed by atoms with Gasteiger partial charge in [-0.3, -0.25) is 9.13 Å². The molecule has 0 saturated carbocycles. The van der Waals surface area contributed by atoms with E-state index in [0.717, 1.165) is 95.0 Å². The molecule has 6 bridgehead atoms. The third-order valence-electron chi connectivity index (χ3n) is 11.1. The molecule has 5 nitrogen and oxygen atoms in total. The maximum atomic E-state index is 7.26. The van der Waals surface area contributed by atoms with Gasteiger partial charge in [0.15, 0.2) is 0 Å². The quantitative estimate of drug-likeness (QED) is 0.147. The molecule has 0 radical (unpaired) electrons. The van der Waals surface area contributed by atoms with E-state index >= 15 is 0 Å². The molecular weight excluding hydrogens is 963 g/mol. The second-order valence-corrected chi connectivity index (χ2v) is 21.7. The number of hydrogen-bond donors (Lipinski definition) is 0. The van der Waals surface area contributed by atoms with Crippen LogP contribution in [0.1, 0.15) is 45.6 Å². The van der Waals surface area contributed by atoms with Gasteiger partial charge in [0.1, 0.15) is 0 Å². The zero-order valence-corrected chi connectivity index (χ0v) is 36.8. The molecule has 4 aliphatic rings. The van der Waals surface area contributed by atoms with Crippen LogP contribution in [0.15, 0.2) is 222 Å². The Hall–Kier alpha value is -5.72. The molecule has 0 N–H and O–H groups in total. The molecule has 4 aliphatic heterocycles. The normalized spacial score (nSPS) is 16.1. The van der Waals surface area contributed by atoms with E-state index in [1.165, 1.54) is 0 Å². The van der Waals surface area contributed by atoms with E-state index < -0.39 is 6.35 Å². The Morgan fingerprint density at radius 3 is 1.37 bits per heavy atom. The third-order valence-corrected chi connectivity index (χ3v) is 11.1. The third kappa shape index (κ3) is 7.09. The predicted molar refractivity (Wildman–Crippen MR) is 248 cm³/mol. The van der Waals surface area contributed by atoms with Crippen molar-refractivity contribution in [3.05, 3.63) is 262 Å². The van der Waals surface area contributed by atoms with Gasteiger partial charge in [0.2, 0.25) is 6.35 Å². The van der Waals surface area contributed by atoms with Crippen LogP contribution in [0.5, 0.6) is 0 Å². The van der Waals surface area contributed by atoms with E-state index in [-0.39, 0.29) is 0 Å². The summed E-state index contributed by atoms with van der Waals surface area (Å²) in [5, 5.41) is 2.09. The van der Waals surface area contributed by atoms with Gasteiger partial charge in [0, 0.05) is 22.3 Å². The van der Waals surface area contributed by atoms with Crippen molar-refractivity contribution >= 4 is 60.6 Å². The molecule has 11 rings (SSSR count). The first kappa shape index (κ1) is 38.5. The van der Waals surface area contributed by atoms with Crippen molar-refractivity contribution in [2.45, 2.75) is 13.0 Å². The summed E-state index contributed by atoms with van der Waals surface area (Å²) in [6.07, 6.45) is 8.03. The van der Waals surface area contributed by atoms with Crippen molar-refractivity contribution in [2.75, 3.05) is 0 Å². The Bertz CT molecular complexity index is 3050. The molecule has 2 aromatic heterocycles.